The summed E-state index contributed by atoms with van der Waals surface area (Å²) < 4.78 is 13.7. The van der Waals surface area contributed by atoms with Crippen molar-refractivity contribution in [3.8, 4) is 0 Å². The quantitative estimate of drug-likeness (QED) is 0.900. The van der Waals surface area contributed by atoms with Crippen LogP contribution in [-0.2, 0) is 12.8 Å². The third kappa shape index (κ3) is 4.15. The minimum absolute atomic E-state index is 0.274. The maximum Gasteiger partial charge on any atom is 0.124 e. The second kappa shape index (κ2) is 6.31. The second-order valence-electron chi connectivity index (χ2n) is 4.79. The number of rotatable bonds is 4. The van der Waals surface area contributed by atoms with Gasteiger partial charge in [-0.05, 0) is 43.0 Å². The zero-order chi connectivity index (χ0) is 13.8. The highest BCUT2D eigenvalue weighted by Gasteiger charge is 2.10. The van der Waals surface area contributed by atoms with Gasteiger partial charge in [0.15, 0.2) is 0 Å². The Morgan fingerprint density at radius 1 is 1.16 bits per heavy atom. The van der Waals surface area contributed by atoms with Gasteiger partial charge in [-0.3, -0.25) is 0 Å². The maximum absolute atomic E-state index is 13.0. The molecule has 2 aromatic carbocycles. The van der Waals surface area contributed by atoms with E-state index in [9.17, 15) is 9.50 Å². The van der Waals surface area contributed by atoms with Crippen LogP contribution in [0, 0.1) is 12.7 Å². The number of hydrogen-bond donors (Lipinski definition) is 1. The summed E-state index contributed by atoms with van der Waals surface area (Å²) in [6, 6.07) is 12.7. The maximum atomic E-state index is 13.0. The molecule has 0 aliphatic heterocycles. The predicted octanol–water partition coefficient (Wildman–Crippen LogP) is 4.04. The van der Waals surface area contributed by atoms with Crippen LogP contribution < -0.4 is 0 Å². The monoisotopic (exact) mass is 322 g/mol. The van der Waals surface area contributed by atoms with Gasteiger partial charge < -0.3 is 5.11 Å². The zero-order valence-electron chi connectivity index (χ0n) is 10.7. The van der Waals surface area contributed by atoms with Crippen LogP contribution in [-0.4, -0.2) is 11.2 Å². The molecule has 1 nitrogen and oxygen atoms in total. The lowest BCUT2D eigenvalue weighted by atomic mass is 10.0. The van der Waals surface area contributed by atoms with Crippen LogP contribution in [0.4, 0.5) is 4.39 Å². The van der Waals surface area contributed by atoms with Crippen LogP contribution in [0.15, 0.2) is 46.9 Å². The molecule has 1 N–H and O–H groups in total. The Hall–Kier alpha value is -1.19. The lowest BCUT2D eigenvalue weighted by Crippen LogP contribution is -2.14. The molecule has 0 aromatic heterocycles. The molecule has 0 aliphatic rings. The highest BCUT2D eigenvalue weighted by atomic mass is 79.9. The van der Waals surface area contributed by atoms with E-state index in [4.69, 9.17) is 0 Å². The van der Waals surface area contributed by atoms with Gasteiger partial charge in [-0.15, -0.1) is 0 Å². The van der Waals surface area contributed by atoms with E-state index in [0.29, 0.717) is 17.3 Å². The van der Waals surface area contributed by atoms with Gasteiger partial charge >= 0.3 is 0 Å². The van der Waals surface area contributed by atoms with Gasteiger partial charge in [0.05, 0.1) is 6.10 Å². The summed E-state index contributed by atoms with van der Waals surface area (Å²) in [4.78, 5) is 0. The van der Waals surface area contributed by atoms with E-state index in [2.05, 4.69) is 22.0 Å². The highest BCUT2D eigenvalue weighted by molar-refractivity contribution is 9.10. The van der Waals surface area contributed by atoms with Crippen LogP contribution in [0.1, 0.15) is 16.7 Å². The molecule has 1 atom stereocenters. The summed E-state index contributed by atoms with van der Waals surface area (Å²) in [6.07, 6.45) is 0.642. The Kier molecular flexibility index (Phi) is 4.72. The van der Waals surface area contributed by atoms with E-state index in [0.717, 1.165) is 11.1 Å². The van der Waals surface area contributed by atoms with E-state index in [1.54, 1.807) is 6.07 Å². The fourth-order valence-corrected chi connectivity index (χ4v) is 2.64. The average molecular weight is 323 g/mol. The first kappa shape index (κ1) is 14.2. The minimum atomic E-state index is -0.469. The Morgan fingerprint density at radius 2 is 1.95 bits per heavy atom. The average Bonchev–Trinajstić information content (AvgIpc) is 2.33. The molecule has 2 rings (SSSR count). The SMILES string of the molecule is Cc1cccc(CC(O)Cc2ccc(F)cc2Br)c1. The van der Waals surface area contributed by atoms with E-state index in [1.807, 2.05) is 25.1 Å². The van der Waals surface area contributed by atoms with Crippen molar-refractivity contribution >= 4 is 15.9 Å². The predicted molar refractivity (Wildman–Crippen MR) is 78.7 cm³/mol. The zero-order valence-corrected chi connectivity index (χ0v) is 12.3. The van der Waals surface area contributed by atoms with E-state index in [-0.39, 0.29) is 5.82 Å². The van der Waals surface area contributed by atoms with E-state index >= 15 is 0 Å². The summed E-state index contributed by atoms with van der Waals surface area (Å²) in [5.74, 6) is -0.274. The van der Waals surface area contributed by atoms with Crippen molar-refractivity contribution in [1.82, 2.24) is 0 Å². The van der Waals surface area contributed by atoms with Gasteiger partial charge in [0.25, 0.3) is 0 Å². The Morgan fingerprint density at radius 3 is 2.63 bits per heavy atom. The van der Waals surface area contributed by atoms with Crippen molar-refractivity contribution < 1.29 is 9.50 Å². The Bertz CT molecular complexity index is 568. The van der Waals surface area contributed by atoms with Crippen LogP contribution in [0.5, 0.6) is 0 Å². The van der Waals surface area contributed by atoms with Crippen molar-refractivity contribution in [2.75, 3.05) is 0 Å². The van der Waals surface area contributed by atoms with E-state index < -0.39 is 6.10 Å². The van der Waals surface area contributed by atoms with Crippen molar-refractivity contribution in [3.63, 3.8) is 0 Å². The smallest absolute Gasteiger partial charge is 0.124 e. The van der Waals surface area contributed by atoms with Gasteiger partial charge in [-0.25, -0.2) is 4.39 Å². The lowest BCUT2D eigenvalue weighted by molar-refractivity contribution is 0.175. The molecule has 3 heteroatoms. The largest absolute Gasteiger partial charge is 0.392 e. The summed E-state index contributed by atoms with van der Waals surface area (Å²) in [6.45, 7) is 2.03. The van der Waals surface area contributed by atoms with Gasteiger partial charge in [-0.2, -0.15) is 0 Å². The molecule has 0 aliphatic carbocycles. The number of halogens is 2. The third-order valence-electron chi connectivity index (χ3n) is 3.02. The van der Waals surface area contributed by atoms with E-state index in [1.165, 1.54) is 17.7 Å². The van der Waals surface area contributed by atoms with Crippen LogP contribution in [0.2, 0.25) is 0 Å². The highest BCUT2D eigenvalue weighted by Crippen LogP contribution is 2.20. The standard InChI is InChI=1S/C16H16BrFO/c1-11-3-2-4-12(7-11)8-15(19)9-13-5-6-14(18)10-16(13)17/h2-7,10,15,19H,8-9H2,1H3. The van der Waals surface area contributed by atoms with Crippen molar-refractivity contribution in [2.24, 2.45) is 0 Å². The molecule has 2 aromatic rings. The lowest BCUT2D eigenvalue weighted by Gasteiger charge is -2.12. The third-order valence-corrected chi connectivity index (χ3v) is 3.76. The minimum Gasteiger partial charge on any atom is -0.392 e. The van der Waals surface area contributed by atoms with Crippen LogP contribution >= 0.6 is 15.9 Å². The topological polar surface area (TPSA) is 20.2 Å². The molecule has 0 radical (unpaired) electrons. The fourth-order valence-electron chi connectivity index (χ4n) is 2.12. The Balaban J connectivity index is 2.03. The number of aliphatic hydroxyl groups excluding tert-OH is 1. The molecule has 0 spiro atoms. The number of aryl methyl sites for hydroxylation is 1. The van der Waals surface area contributed by atoms with Crippen LogP contribution in [0.3, 0.4) is 0 Å². The summed E-state index contributed by atoms with van der Waals surface area (Å²) >= 11 is 3.32. The summed E-state index contributed by atoms with van der Waals surface area (Å²) in [5.41, 5.74) is 3.22. The fraction of sp³-hybridized carbons (Fsp3) is 0.250. The molecule has 0 saturated heterocycles. The van der Waals surface area contributed by atoms with Gasteiger partial charge in [0.2, 0.25) is 0 Å². The Labute approximate surface area is 121 Å². The first-order chi connectivity index (χ1) is 9.04. The molecule has 19 heavy (non-hydrogen) atoms. The van der Waals surface area contributed by atoms with Crippen molar-refractivity contribution in [1.29, 1.82) is 0 Å². The molecule has 0 amide bonds. The molecule has 0 heterocycles. The molecular formula is C16H16BrFO. The second-order valence-corrected chi connectivity index (χ2v) is 5.64. The number of aliphatic hydroxyl groups is 1. The van der Waals surface area contributed by atoms with Gasteiger partial charge in [0, 0.05) is 4.47 Å². The van der Waals surface area contributed by atoms with Crippen molar-refractivity contribution in [2.45, 2.75) is 25.9 Å². The normalized spacial score (nSPS) is 12.4. The first-order valence-corrected chi connectivity index (χ1v) is 7.01. The number of benzene rings is 2. The molecule has 0 bridgehead atoms. The molecule has 0 saturated carbocycles. The van der Waals surface area contributed by atoms with Crippen molar-refractivity contribution in [3.05, 3.63) is 69.4 Å². The molecule has 100 valence electrons. The summed E-state index contributed by atoms with van der Waals surface area (Å²) in [5, 5.41) is 10.1. The van der Waals surface area contributed by atoms with Crippen LogP contribution in [0.25, 0.3) is 0 Å². The summed E-state index contributed by atoms with van der Waals surface area (Å²) in [7, 11) is 0. The van der Waals surface area contributed by atoms with Gasteiger partial charge in [-0.1, -0.05) is 51.8 Å². The molecule has 1 unspecified atom stereocenters. The number of hydrogen-bond acceptors (Lipinski definition) is 1. The molecule has 0 fully saturated rings. The van der Waals surface area contributed by atoms with Gasteiger partial charge in [0.1, 0.15) is 5.82 Å². The molecular weight excluding hydrogens is 307 g/mol. The first-order valence-electron chi connectivity index (χ1n) is 6.22.